The summed E-state index contributed by atoms with van der Waals surface area (Å²) in [6.07, 6.45) is 5.29. The highest BCUT2D eigenvalue weighted by Crippen LogP contribution is 1.97. The van der Waals surface area contributed by atoms with Crippen LogP contribution in [-0.4, -0.2) is 33.9 Å². The fourth-order valence-corrected chi connectivity index (χ4v) is 1.08. The van der Waals surface area contributed by atoms with Crippen LogP contribution in [0, 0.1) is 0 Å². The van der Waals surface area contributed by atoms with Gasteiger partial charge >= 0.3 is 11.9 Å². The van der Waals surface area contributed by atoms with Crippen LogP contribution in [0.2, 0.25) is 0 Å². The number of rotatable bonds is 5. The first-order chi connectivity index (χ1) is 11.3. The van der Waals surface area contributed by atoms with Gasteiger partial charge < -0.3 is 15.3 Å². The van der Waals surface area contributed by atoms with Gasteiger partial charge in [-0.1, -0.05) is 55.1 Å². The molecule has 5 nitrogen and oxygen atoms in total. The van der Waals surface area contributed by atoms with E-state index in [2.05, 4.69) is 6.58 Å². The standard InChI is InChI=1S/C8H8.C6H10O3.C5H8O2/c1-2-8-6-4-3-5-7-8;1-5(6(8)9)3-2-4-7;1-3-4(2)5(6)7/h2-7H,1H2;3,7H,2,4H2,1H3,(H,8,9);3H,1-2H3,(H,6,7)/b;5-3+;4-3+. The maximum atomic E-state index is 10.1. The normalized spacial score (nSPS) is 10.5. The predicted octanol–water partition coefficient (Wildman–Crippen LogP) is 3.77. The summed E-state index contributed by atoms with van der Waals surface area (Å²) in [6, 6.07) is 10.0. The number of carboxylic acid groups (broad SMARTS) is 2. The van der Waals surface area contributed by atoms with Gasteiger partial charge in [0.15, 0.2) is 0 Å². The van der Waals surface area contributed by atoms with Crippen molar-refractivity contribution in [2.24, 2.45) is 0 Å². The zero-order chi connectivity index (χ0) is 19.0. The van der Waals surface area contributed by atoms with Gasteiger partial charge in [-0.15, -0.1) is 0 Å². The fraction of sp³-hybridized carbons (Fsp3) is 0.263. The Hall–Kier alpha value is -2.66. The van der Waals surface area contributed by atoms with Crippen LogP contribution in [0.3, 0.4) is 0 Å². The molecular formula is C19H26O5. The molecule has 1 aromatic carbocycles. The highest BCUT2D eigenvalue weighted by Gasteiger charge is 1.96. The van der Waals surface area contributed by atoms with E-state index in [0.29, 0.717) is 12.0 Å². The van der Waals surface area contributed by atoms with Crippen molar-refractivity contribution >= 4 is 18.0 Å². The molecule has 0 heterocycles. The summed E-state index contributed by atoms with van der Waals surface area (Å²) in [4.78, 5) is 19.9. The Morgan fingerprint density at radius 3 is 1.79 bits per heavy atom. The summed E-state index contributed by atoms with van der Waals surface area (Å²) in [5.74, 6) is -1.77. The van der Waals surface area contributed by atoms with Crippen molar-refractivity contribution in [2.75, 3.05) is 6.61 Å². The number of benzene rings is 1. The zero-order valence-electron chi connectivity index (χ0n) is 14.4. The van der Waals surface area contributed by atoms with Crippen molar-refractivity contribution in [2.45, 2.75) is 27.2 Å². The quantitative estimate of drug-likeness (QED) is 0.713. The molecule has 0 radical (unpaired) electrons. The summed E-state index contributed by atoms with van der Waals surface area (Å²) in [6.45, 7) is 8.39. The number of hydrogen-bond acceptors (Lipinski definition) is 3. The second-order valence-corrected chi connectivity index (χ2v) is 4.60. The first-order valence-electron chi connectivity index (χ1n) is 7.34. The fourth-order valence-electron chi connectivity index (χ4n) is 1.08. The average molecular weight is 334 g/mol. The molecule has 0 bridgehead atoms. The van der Waals surface area contributed by atoms with Crippen LogP contribution in [0.15, 0.2) is 60.2 Å². The number of allylic oxidation sites excluding steroid dienone is 1. The Morgan fingerprint density at radius 1 is 1.04 bits per heavy atom. The molecular weight excluding hydrogens is 308 g/mol. The van der Waals surface area contributed by atoms with E-state index in [-0.39, 0.29) is 12.2 Å². The lowest BCUT2D eigenvalue weighted by Crippen LogP contribution is -1.95. The zero-order valence-corrected chi connectivity index (χ0v) is 14.4. The minimum atomic E-state index is -0.927. The third-order valence-corrected chi connectivity index (χ3v) is 2.72. The smallest absolute Gasteiger partial charge is 0.330 e. The molecule has 0 aliphatic heterocycles. The molecule has 1 aromatic rings. The summed E-state index contributed by atoms with van der Waals surface area (Å²) in [5.41, 5.74) is 1.84. The van der Waals surface area contributed by atoms with Crippen molar-refractivity contribution in [3.05, 3.63) is 65.8 Å². The Kier molecular flexibility index (Phi) is 15.0. The van der Waals surface area contributed by atoms with Crippen molar-refractivity contribution in [3.8, 4) is 0 Å². The lowest BCUT2D eigenvalue weighted by atomic mass is 10.2. The Bertz CT molecular complexity index is 556. The van der Waals surface area contributed by atoms with Crippen LogP contribution in [0.4, 0.5) is 0 Å². The predicted molar refractivity (Wildman–Crippen MR) is 96.7 cm³/mol. The lowest BCUT2D eigenvalue weighted by molar-refractivity contribution is -0.133. The van der Waals surface area contributed by atoms with Crippen LogP contribution < -0.4 is 0 Å². The number of aliphatic carboxylic acids is 2. The van der Waals surface area contributed by atoms with E-state index < -0.39 is 11.9 Å². The molecule has 24 heavy (non-hydrogen) atoms. The molecule has 0 atom stereocenters. The minimum Gasteiger partial charge on any atom is -0.478 e. The summed E-state index contributed by atoms with van der Waals surface area (Å²) in [5, 5.41) is 24.6. The van der Waals surface area contributed by atoms with Gasteiger partial charge in [0, 0.05) is 17.8 Å². The molecule has 132 valence electrons. The van der Waals surface area contributed by atoms with Crippen molar-refractivity contribution in [1.29, 1.82) is 0 Å². The molecule has 0 fully saturated rings. The second-order valence-electron chi connectivity index (χ2n) is 4.60. The van der Waals surface area contributed by atoms with Gasteiger partial charge in [0.05, 0.1) is 0 Å². The maximum absolute atomic E-state index is 10.1. The second kappa shape index (κ2) is 15.2. The number of carboxylic acids is 2. The first-order valence-corrected chi connectivity index (χ1v) is 7.34. The van der Waals surface area contributed by atoms with E-state index in [1.165, 1.54) is 18.6 Å². The molecule has 1 rings (SSSR count). The van der Waals surface area contributed by atoms with Crippen LogP contribution in [0.5, 0.6) is 0 Å². The molecule has 3 N–H and O–H groups in total. The lowest BCUT2D eigenvalue weighted by Gasteiger charge is -1.89. The first kappa shape index (κ1) is 23.6. The molecule has 0 spiro atoms. The number of aliphatic hydroxyl groups excluding tert-OH is 1. The summed E-state index contributed by atoms with van der Waals surface area (Å²) < 4.78 is 0. The van der Waals surface area contributed by atoms with Crippen LogP contribution in [0.1, 0.15) is 32.8 Å². The molecule has 0 aliphatic rings. The van der Waals surface area contributed by atoms with Crippen LogP contribution >= 0.6 is 0 Å². The SMILES string of the molecule is C/C(=C\CCO)C(=O)O.C/C=C(\C)C(=O)O.C=Cc1ccccc1. The molecule has 5 heteroatoms. The van der Waals surface area contributed by atoms with Gasteiger partial charge in [-0.2, -0.15) is 0 Å². The van der Waals surface area contributed by atoms with E-state index in [1.54, 1.807) is 19.9 Å². The molecule has 0 aliphatic carbocycles. The third-order valence-electron chi connectivity index (χ3n) is 2.72. The van der Waals surface area contributed by atoms with E-state index in [0.717, 1.165) is 0 Å². The van der Waals surface area contributed by atoms with Gasteiger partial charge in [-0.05, 0) is 32.8 Å². The third kappa shape index (κ3) is 14.3. The largest absolute Gasteiger partial charge is 0.478 e. The number of carbonyl (C=O) groups is 2. The van der Waals surface area contributed by atoms with E-state index in [1.807, 2.05) is 36.4 Å². The van der Waals surface area contributed by atoms with Gasteiger partial charge in [-0.25, -0.2) is 9.59 Å². The van der Waals surface area contributed by atoms with Crippen LogP contribution in [-0.2, 0) is 9.59 Å². The molecule has 0 saturated carbocycles. The van der Waals surface area contributed by atoms with Gasteiger partial charge in [0.25, 0.3) is 0 Å². The Balaban J connectivity index is 0. The van der Waals surface area contributed by atoms with E-state index in [4.69, 9.17) is 15.3 Å². The Morgan fingerprint density at radius 2 is 1.54 bits per heavy atom. The highest BCUT2D eigenvalue weighted by atomic mass is 16.4. The van der Waals surface area contributed by atoms with Crippen molar-refractivity contribution in [1.82, 2.24) is 0 Å². The molecule has 0 unspecified atom stereocenters. The topological polar surface area (TPSA) is 94.8 Å². The Labute approximate surface area is 143 Å². The number of aliphatic hydroxyl groups is 1. The van der Waals surface area contributed by atoms with Crippen LogP contribution in [0.25, 0.3) is 6.08 Å². The summed E-state index contributed by atoms with van der Waals surface area (Å²) in [7, 11) is 0. The molecule has 0 amide bonds. The summed E-state index contributed by atoms with van der Waals surface area (Å²) >= 11 is 0. The van der Waals surface area contributed by atoms with Crippen molar-refractivity contribution in [3.63, 3.8) is 0 Å². The van der Waals surface area contributed by atoms with Gasteiger partial charge in [0.1, 0.15) is 0 Å². The highest BCUT2D eigenvalue weighted by molar-refractivity contribution is 5.86. The van der Waals surface area contributed by atoms with Gasteiger partial charge in [-0.3, -0.25) is 0 Å². The molecule has 0 aromatic heterocycles. The monoisotopic (exact) mass is 334 g/mol. The molecule has 0 saturated heterocycles. The van der Waals surface area contributed by atoms with E-state index in [9.17, 15) is 9.59 Å². The minimum absolute atomic E-state index is 0.00458. The number of hydrogen-bond donors (Lipinski definition) is 3. The van der Waals surface area contributed by atoms with Gasteiger partial charge in [0.2, 0.25) is 0 Å². The maximum Gasteiger partial charge on any atom is 0.330 e. The average Bonchev–Trinajstić information content (AvgIpc) is 2.60. The van der Waals surface area contributed by atoms with Crippen molar-refractivity contribution < 1.29 is 24.9 Å². The van der Waals surface area contributed by atoms with E-state index >= 15 is 0 Å².